The lowest BCUT2D eigenvalue weighted by molar-refractivity contribution is -0.140. The van der Waals surface area contributed by atoms with E-state index >= 15 is 0 Å². The summed E-state index contributed by atoms with van der Waals surface area (Å²) in [7, 11) is -2.10. The van der Waals surface area contributed by atoms with Gasteiger partial charge in [0.25, 0.3) is 0 Å². The number of aryl methyl sites for hydroxylation is 1. The fourth-order valence-electron chi connectivity index (χ4n) is 3.53. The molecule has 0 saturated carbocycles. The summed E-state index contributed by atoms with van der Waals surface area (Å²) in [5, 5.41) is 2.91. The van der Waals surface area contributed by atoms with Crippen LogP contribution in [0.3, 0.4) is 0 Å². The highest BCUT2D eigenvalue weighted by Gasteiger charge is 2.27. The van der Waals surface area contributed by atoms with Crippen LogP contribution in [0, 0.1) is 12.8 Å². The topological polar surface area (TPSA) is 86.8 Å². The van der Waals surface area contributed by atoms with Crippen molar-refractivity contribution in [1.82, 2.24) is 14.5 Å². The minimum atomic E-state index is -3.61. The maximum atomic E-state index is 13.2. The van der Waals surface area contributed by atoms with Crippen LogP contribution >= 0.6 is 0 Å². The second-order valence-electron chi connectivity index (χ2n) is 9.07. The summed E-state index contributed by atoms with van der Waals surface area (Å²) in [6, 6.07) is 15.4. The highest BCUT2D eigenvalue weighted by Crippen LogP contribution is 2.16. The van der Waals surface area contributed by atoms with E-state index < -0.39 is 16.1 Å². The lowest BCUT2D eigenvalue weighted by atomic mass is 10.1. The molecule has 0 spiro atoms. The van der Waals surface area contributed by atoms with Crippen LogP contribution in [-0.4, -0.2) is 55.6 Å². The molecule has 0 aromatic heterocycles. The van der Waals surface area contributed by atoms with Gasteiger partial charge in [-0.1, -0.05) is 61.9 Å². The number of hydrogen-bond donors (Lipinski definition) is 1. The molecule has 2 aromatic rings. The second-order valence-corrected chi connectivity index (χ2v) is 11.1. The van der Waals surface area contributed by atoms with Gasteiger partial charge in [0.1, 0.15) is 6.04 Å². The standard InChI is InChI=1S/C26H37N3O4S/c1-20(2)18-27-26(31)22(4)29(19-23-12-9-11-21(3)17-23)25(30)15-10-16-28(5)34(32,33)24-13-7-6-8-14-24/h6-9,11-14,17,20,22H,10,15-16,18-19H2,1-5H3,(H,27,31)/t22-/m0/s1. The van der Waals surface area contributed by atoms with Crippen LogP contribution in [-0.2, 0) is 26.2 Å². The van der Waals surface area contributed by atoms with Gasteiger partial charge in [0.15, 0.2) is 0 Å². The van der Waals surface area contributed by atoms with Crippen molar-refractivity contribution in [3.05, 3.63) is 65.7 Å². The van der Waals surface area contributed by atoms with E-state index in [0.717, 1.165) is 11.1 Å². The maximum absolute atomic E-state index is 13.2. The monoisotopic (exact) mass is 487 g/mol. The summed E-state index contributed by atoms with van der Waals surface area (Å²) >= 11 is 0. The zero-order chi connectivity index (χ0) is 25.3. The summed E-state index contributed by atoms with van der Waals surface area (Å²) in [6.45, 7) is 8.80. The van der Waals surface area contributed by atoms with Crippen LogP contribution in [0.2, 0.25) is 0 Å². The first-order valence-corrected chi connectivity index (χ1v) is 13.1. The van der Waals surface area contributed by atoms with E-state index in [1.807, 2.05) is 45.0 Å². The Labute approximate surface area is 204 Å². The van der Waals surface area contributed by atoms with Crippen LogP contribution < -0.4 is 5.32 Å². The molecule has 34 heavy (non-hydrogen) atoms. The second kappa shape index (κ2) is 12.7. The van der Waals surface area contributed by atoms with E-state index in [9.17, 15) is 18.0 Å². The first-order valence-electron chi connectivity index (χ1n) is 11.7. The number of hydrogen-bond acceptors (Lipinski definition) is 4. The van der Waals surface area contributed by atoms with Gasteiger partial charge in [-0.05, 0) is 43.9 Å². The van der Waals surface area contributed by atoms with E-state index in [1.54, 1.807) is 42.2 Å². The average Bonchev–Trinajstić information content (AvgIpc) is 2.80. The van der Waals surface area contributed by atoms with Gasteiger partial charge in [0.05, 0.1) is 4.90 Å². The molecule has 1 atom stereocenters. The van der Waals surface area contributed by atoms with Crippen molar-refractivity contribution < 1.29 is 18.0 Å². The van der Waals surface area contributed by atoms with Crippen LogP contribution in [0.25, 0.3) is 0 Å². The Hall–Kier alpha value is -2.71. The molecule has 0 fully saturated rings. The van der Waals surface area contributed by atoms with Crippen LogP contribution in [0.15, 0.2) is 59.5 Å². The number of carbonyl (C=O) groups is 2. The van der Waals surface area contributed by atoms with Crippen molar-refractivity contribution in [3.63, 3.8) is 0 Å². The lowest BCUT2D eigenvalue weighted by Crippen LogP contribution is -2.48. The molecule has 0 bridgehead atoms. The molecule has 0 radical (unpaired) electrons. The van der Waals surface area contributed by atoms with Gasteiger partial charge in [-0.2, -0.15) is 0 Å². The number of sulfonamides is 1. The molecule has 2 rings (SSSR count). The molecule has 2 amide bonds. The van der Waals surface area contributed by atoms with Gasteiger partial charge in [-0.25, -0.2) is 12.7 Å². The molecule has 2 aromatic carbocycles. The van der Waals surface area contributed by atoms with Crippen LogP contribution in [0.5, 0.6) is 0 Å². The Kier molecular flexibility index (Phi) is 10.3. The molecule has 0 saturated heterocycles. The maximum Gasteiger partial charge on any atom is 0.242 e. The van der Waals surface area contributed by atoms with Crippen molar-refractivity contribution in [3.8, 4) is 0 Å². The summed E-state index contributed by atoms with van der Waals surface area (Å²) in [5.74, 6) is -0.0723. The van der Waals surface area contributed by atoms with Crippen molar-refractivity contribution in [2.75, 3.05) is 20.1 Å². The molecule has 1 N–H and O–H groups in total. The van der Waals surface area contributed by atoms with E-state index in [0.29, 0.717) is 25.4 Å². The average molecular weight is 488 g/mol. The SMILES string of the molecule is Cc1cccc(CN(C(=O)CCCN(C)S(=O)(=O)c2ccccc2)[C@@H](C)C(=O)NCC(C)C)c1. The molecule has 0 aliphatic carbocycles. The van der Waals surface area contributed by atoms with Gasteiger partial charge < -0.3 is 10.2 Å². The van der Waals surface area contributed by atoms with Gasteiger partial charge in [-0.3, -0.25) is 9.59 Å². The summed E-state index contributed by atoms with van der Waals surface area (Å²) < 4.78 is 26.7. The quantitative estimate of drug-likeness (QED) is 0.496. The van der Waals surface area contributed by atoms with Gasteiger partial charge in [0, 0.05) is 33.1 Å². The predicted molar refractivity (Wildman–Crippen MR) is 135 cm³/mol. The third kappa shape index (κ3) is 7.95. The van der Waals surface area contributed by atoms with Gasteiger partial charge in [-0.15, -0.1) is 0 Å². The Morgan fingerprint density at radius 2 is 1.68 bits per heavy atom. The summed E-state index contributed by atoms with van der Waals surface area (Å²) in [4.78, 5) is 27.7. The number of benzene rings is 2. The molecular formula is C26H37N3O4S. The molecule has 186 valence electrons. The molecule has 8 heteroatoms. The Balaban J connectivity index is 2.07. The van der Waals surface area contributed by atoms with Crippen LogP contribution in [0.4, 0.5) is 0 Å². The smallest absolute Gasteiger partial charge is 0.242 e. The van der Waals surface area contributed by atoms with E-state index in [4.69, 9.17) is 0 Å². The molecular weight excluding hydrogens is 450 g/mol. The molecule has 7 nitrogen and oxygen atoms in total. The van der Waals surface area contributed by atoms with Crippen molar-refractivity contribution >= 4 is 21.8 Å². The zero-order valence-corrected chi connectivity index (χ0v) is 21.6. The van der Waals surface area contributed by atoms with Crippen LogP contribution in [0.1, 0.15) is 44.7 Å². The molecule has 0 aliphatic heterocycles. The van der Waals surface area contributed by atoms with E-state index in [-0.39, 0.29) is 29.7 Å². The van der Waals surface area contributed by atoms with Gasteiger partial charge >= 0.3 is 0 Å². The number of carbonyl (C=O) groups excluding carboxylic acids is 2. The van der Waals surface area contributed by atoms with Crippen molar-refractivity contribution in [1.29, 1.82) is 0 Å². The van der Waals surface area contributed by atoms with E-state index in [1.165, 1.54) is 11.4 Å². The Bertz CT molecular complexity index is 1050. The van der Waals surface area contributed by atoms with Crippen molar-refractivity contribution in [2.24, 2.45) is 5.92 Å². The number of nitrogens with zero attached hydrogens (tertiary/aromatic N) is 2. The predicted octanol–water partition coefficient (Wildman–Crippen LogP) is 3.59. The molecule has 0 unspecified atom stereocenters. The zero-order valence-electron chi connectivity index (χ0n) is 20.8. The minimum Gasteiger partial charge on any atom is -0.354 e. The lowest BCUT2D eigenvalue weighted by Gasteiger charge is -2.29. The molecule has 0 heterocycles. The summed E-state index contributed by atoms with van der Waals surface area (Å²) in [6.07, 6.45) is 0.494. The Morgan fingerprint density at radius 1 is 1.00 bits per heavy atom. The number of rotatable bonds is 12. The summed E-state index contributed by atoms with van der Waals surface area (Å²) in [5.41, 5.74) is 2.02. The first-order chi connectivity index (χ1) is 16.0. The largest absolute Gasteiger partial charge is 0.354 e. The highest BCUT2D eigenvalue weighted by atomic mass is 32.2. The third-order valence-corrected chi connectivity index (χ3v) is 7.47. The fourth-order valence-corrected chi connectivity index (χ4v) is 4.76. The third-order valence-electron chi connectivity index (χ3n) is 5.60. The Morgan fingerprint density at radius 3 is 2.29 bits per heavy atom. The number of amides is 2. The molecule has 0 aliphatic rings. The van der Waals surface area contributed by atoms with Crippen molar-refractivity contribution in [2.45, 2.75) is 58.0 Å². The van der Waals surface area contributed by atoms with E-state index in [2.05, 4.69) is 5.32 Å². The highest BCUT2D eigenvalue weighted by molar-refractivity contribution is 7.89. The van der Waals surface area contributed by atoms with Gasteiger partial charge in [0.2, 0.25) is 21.8 Å². The fraction of sp³-hybridized carbons (Fsp3) is 0.462. The normalized spacial score (nSPS) is 12.6. The first kappa shape index (κ1) is 27.5. The number of nitrogens with one attached hydrogen (secondary N) is 1. The minimum absolute atomic E-state index is 0.141.